The van der Waals surface area contributed by atoms with Crippen LogP contribution in [0.15, 0.2) is 0 Å². The molecule has 2 unspecified atom stereocenters. The van der Waals surface area contributed by atoms with Gasteiger partial charge < -0.3 is 10.4 Å². The Morgan fingerprint density at radius 1 is 1.25 bits per heavy atom. The molecule has 98 valence electrons. The maximum absolute atomic E-state index is 10.8. The van der Waals surface area contributed by atoms with Gasteiger partial charge >= 0.3 is 0 Å². The van der Waals surface area contributed by atoms with Crippen LogP contribution in [0.4, 0.5) is 0 Å². The van der Waals surface area contributed by atoms with Gasteiger partial charge in [-0.25, -0.2) is 8.42 Å². The first-order chi connectivity index (χ1) is 7.35. The van der Waals surface area contributed by atoms with Gasteiger partial charge in [0.15, 0.2) is 9.84 Å². The molecule has 5 nitrogen and oxygen atoms in total. The van der Waals surface area contributed by atoms with E-state index in [1.54, 1.807) is 0 Å². The van der Waals surface area contributed by atoms with Crippen molar-refractivity contribution in [3.8, 4) is 0 Å². The highest BCUT2D eigenvalue weighted by Crippen LogP contribution is 2.06. The van der Waals surface area contributed by atoms with Gasteiger partial charge in [0.25, 0.3) is 0 Å². The van der Waals surface area contributed by atoms with E-state index in [0.717, 1.165) is 12.8 Å². The fourth-order valence-electron chi connectivity index (χ4n) is 1.21. The molecule has 0 heterocycles. The summed E-state index contributed by atoms with van der Waals surface area (Å²) in [6.45, 7) is 4.77. The SMILES string of the molecule is CC(CO)CCC(C)NCNCS(C)(=O)=O. The van der Waals surface area contributed by atoms with E-state index >= 15 is 0 Å². The Hall–Kier alpha value is -0.170. The van der Waals surface area contributed by atoms with Crippen LogP contribution >= 0.6 is 0 Å². The fourth-order valence-corrected chi connectivity index (χ4v) is 1.68. The van der Waals surface area contributed by atoms with Crippen LogP contribution < -0.4 is 10.6 Å². The molecule has 0 amide bonds. The summed E-state index contributed by atoms with van der Waals surface area (Å²) in [5.41, 5.74) is 0. The topological polar surface area (TPSA) is 78.4 Å². The molecule has 0 aliphatic heterocycles. The number of aliphatic hydroxyl groups excluding tert-OH is 1. The number of rotatable bonds is 9. The van der Waals surface area contributed by atoms with Crippen LogP contribution in [0.3, 0.4) is 0 Å². The largest absolute Gasteiger partial charge is 0.396 e. The van der Waals surface area contributed by atoms with Gasteiger partial charge in [-0.05, 0) is 25.7 Å². The summed E-state index contributed by atoms with van der Waals surface area (Å²) in [6, 6.07) is 0.320. The molecule has 0 aliphatic rings. The highest BCUT2D eigenvalue weighted by atomic mass is 32.2. The van der Waals surface area contributed by atoms with Gasteiger partial charge in [-0.1, -0.05) is 6.92 Å². The Balaban J connectivity index is 3.47. The molecule has 0 aromatic heterocycles. The molecule has 0 spiro atoms. The summed E-state index contributed by atoms with van der Waals surface area (Å²) >= 11 is 0. The van der Waals surface area contributed by atoms with E-state index in [0.29, 0.717) is 18.6 Å². The van der Waals surface area contributed by atoms with Crippen LogP contribution in [0.1, 0.15) is 26.7 Å². The molecule has 0 aromatic carbocycles. The number of hydrogen-bond acceptors (Lipinski definition) is 5. The Bertz CT molecular complexity index is 267. The molecule has 0 fully saturated rings. The maximum Gasteiger partial charge on any atom is 0.160 e. The predicted octanol–water partition coefficient (Wildman–Crippen LogP) is -0.0777. The number of aliphatic hydroxyl groups is 1. The first-order valence-electron chi connectivity index (χ1n) is 5.58. The van der Waals surface area contributed by atoms with Crippen molar-refractivity contribution in [2.45, 2.75) is 32.7 Å². The summed E-state index contributed by atoms with van der Waals surface area (Å²) < 4.78 is 21.6. The zero-order valence-corrected chi connectivity index (χ0v) is 11.2. The Morgan fingerprint density at radius 3 is 2.38 bits per heavy atom. The van der Waals surface area contributed by atoms with E-state index in [1.807, 2.05) is 13.8 Å². The molecule has 3 N–H and O–H groups in total. The molecule has 2 atom stereocenters. The summed E-state index contributed by atoms with van der Waals surface area (Å²) in [7, 11) is -2.94. The standard InChI is InChI=1S/C10H24N2O3S/c1-9(6-13)4-5-10(2)12-7-11-8-16(3,14)15/h9-13H,4-8H2,1-3H3. The molecule has 0 saturated heterocycles. The average molecular weight is 252 g/mol. The molecule has 16 heavy (non-hydrogen) atoms. The van der Waals surface area contributed by atoms with E-state index in [9.17, 15) is 8.42 Å². The quantitative estimate of drug-likeness (QED) is 0.395. The Kier molecular flexibility index (Phi) is 7.91. The zero-order valence-electron chi connectivity index (χ0n) is 10.4. The zero-order chi connectivity index (χ0) is 12.6. The van der Waals surface area contributed by atoms with Crippen molar-refractivity contribution in [2.75, 3.05) is 25.4 Å². The van der Waals surface area contributed by atoms with Gasteiger partial charge in [0.1, 0.15) is 0 Å². The molecule has 0 rings (SSSR count). The van der Waals surface area contributed by atoms with Crippen molar-refractivity contribution < 1.29 is 13.5 Å². The smallest absolute Gasteiger partial charge is 0.160 e. The normalized spacial score (nSPS) is 16.0. The van der Waals surface area contributed by atoms with Gasteiger partial charge in [0.05, 0.1) is 5.88 Å². The van der Waals surface area contributed by atoms with E-state index in [4.69, 9.17) is 5.11 Å². The third kappa shape index (κ3) is 10.4. The van der Waals surface area contributed by atoms with Crippen molar-refractivity contribution in [1.82, 2.24) is 10.6 Å². The third-order valence-corrected chi connectivity index (χ3v) is 3.07. The van der Waals surface area contributed by atoms with E-state index < -0.39 is 9.84 Å². The first kappa shape index (κ1) is 15.8. The first-order valence-corrected chi connectivity index (χ1v) is 7.64. The molecule has 0 aromatic rings. The Morgan fingerprint density at radius 2 is 1.88 bits per heavy atom. The van der Waals surface area contributed by atoms with E-state index in [2.05, 4.69) is 10.6 Å². The lowest BCUT2D eigenvalue weighted by Gasteiger charge is -2.16. The van der Waals surface area contributed by atoms with Gasteiger partial charge in [-0.3, -0.25) is 5.32 Å². The molecular weight excluding hydrogens is 228 g/mol. The summed E-state index contributed by atoms with van der Waals surface area (Å²) in [5.74, 6) is 0.327. The molecule has 6 heteroatoms. The van der Waals surface area contributed by atoms with Crippen LogP contribution in [0.2, 0.25) is 0 Å². The minimum absolute atomic E-state index is 0.000235. The highest BCUT2D eigenvalue weighted by Gasteiger charge is 2.05. The van der Waals surface area contributed by atoms with Crippen molar-refractivity contribution in [3.63, 3.8) is 0 Å². The van der Waals surface area contributed by atoms with Crippen LogP contribution in [-0.2, 0) is 9.84 Å². The van der Waals surface area contributed by atoms with Crippen LogP contribution in [0, 0.1) is 5.92 Å². The van der Waals surface area contributed by atoms with Gasteiger partial charge in [-0.15, -0.1) is 0 Å². The molecule has 0 bridgehead atoms. The maximum atomic E-state index is 10.8. The second-order valence-corrected chi connectivity index (χ2v) is 6.61. The lowest BCUT2D eigenvalue weighted by molar-refractivity contribution is 0.224. The average Bonchev–Trinajstić information content (AvgIpc) is 2.19. The lowest BCUT2D eigenvalue weighted by atomic mass is 10.0. The second-order valence-electron chi connectivity index (χ2n) is 4.47. The van der Waals surface area contributed by atoms with Gasteiger partial charge in [-0.2, -0.15) is 0 Å². The minimum atomic E-state index is -2.94. The summed E-state index contributed by atoms with van der Waals surface area (Å²) in [5, 5.41) is 14.8. The van der Waals surface area contributed by atoms with Crippen LogP contribution in [-0.4, -0.2) is 45.0 Å². The second kappa shape index (κ2) is 8.00. The molecule has 0 saturated carbocycles. The predicted molar refractivity (Wildman–Crippen MR) is 65.8 cm³/mol. The van der Waals surface area contributed by atoms with Gasteiger partial charge in [0.2, 0.25) is 0 Å². The molecule has 0 radical (unpaired) electrons. The van der Waals surface area contributed by atoms with Crippen molar-refractivity contribution in [2.24, 2.45) is 5.92 Å². The lowest BCUT2D eigenvalue weighted by Crippen LogP contribution is -2.37. The number of nitrogens with one attached hydrogen (secondary N) is 2. The number of sulfone groups is 1. The van der Waals surface area contributed by atoms with Crippen LogP contribution in [0.25, 0.3) is 0 Å². The van der Waals surface area contributed by atoms with Crippen LogP contribution in [0.5, 0.6) is 0 Å². The molecular formula is C10H24N2O3S. The molecule has 0 aliphatic carbocycles. The minimum Gasteiger partial charge on any atom is -0.396 e. The summed E-state index contributed by atoms with van der Waals surface area (Å²) in [4.78, 5) is 0. The van der Waals surface area contributed by atoms with E-state index in [1.165, 1.54) is 6.26 Å². The Labute approximate surface area is 98.5 Å². The van der Waals surface area contributed by atoms with E-state index in [-0.39, 0.29) is 12.5 Å². The fraction of sp³-hybridized carbons (Fsp3) is 1.00. The van der Waals surface area contributed by atoms with Gasteiger partial charge in [0, 0.05) is 25.6 Å². The monoisotopic (exact) mass is 252 g/mol. The van der Waals surface area contributed by atoms with Crippen molar-refractivity contribution in [1.29, 1.82) is 0 Å². The van der Waals surface area contributed by atoms with Crippen molar-refractivity contribution in [3.05, 3.63) is 0 Å². The summed E-state index contributed by atoms with van der Waals surface area (Å²) in [6.07, 6.45) is 3.14. The van der Waals surface area contributed by atoms with Crippen molar-refractivity contribution >= 4 is 9.84 Å². The highest BCUT2D eigenvalue weighted by molar-refractivity contribution is 7.90. The number of hydrogen-bond donors (Lipinski definition) is 3. The third-order valence-electron chi connectivity index (χ3n) is 2.34.